The molecule has 1 aromatic heterocycles. The molecule has 0 unspecified atom stereocenters. The Morgan fingerprint density at radius 1 is 0.857 bits per heavy atom. The number of aromatic nitrogens is 2. The molecule has 1 amide bonds. The lowest BCUT2D eigenvalue weighted by Gasteiger charge is -2.36. The molecule has 1 aliphatic rings. The minimum atomic E-state index is -0.320. The van der Waals surface area contributed by atoms with Gasteiger partial charge in [-0.05, 0) is 24.3 Å². The van der Waals surface area contributed by atoms with Crippen LogP contribution in [-0.4, -0.2) is 46.8 Å². The maximum atomic E-state index is 12.6. The Hall–Kier alpha value is -3.35. The minimum Gasteiger partial charge on any atom is -0.368 e. The Kier molecular flexibility index (Phi) is 4.97. The van der Waals surface area contributed by atoms with Crippen molar-refractivity contribution in [2.75, 3.05) is 31.1 Å². The molecule has 0 aliphatic carbocycles. The highest BCUT2D eigenvalue weighted by Crippen LogP contribution is 2.16. The van der Waals surface area contributed by atoms with Crippen molar-refractivity contribution in [1.82, 2.24) is 14.7 Å². The molecule has 2 aromatic carbocycles. The van der Waals surface area contributed by atoms with Crippen LogP contribution in [0.4, 0.5) is 5.69 Å². The van der Waals surface area contributed by atoms with Gasteiger partial charge in [0.25, 0.3) is 11.1 Å². The Labute approximate surface area is 161 Å². The summed E-state index contributed by atoms with van der Waals surface area (Å²) in [6.45, 7) is 3.02. The van der Waals surface area contributed by atoms with Gasteiger partial charge in [-0.15, -0.1) is 0 Å². The Morgan fingerprint density at radius 2 is 1.50 bits per heavy atom. The van der Waals surface area contributed by atoms with Crippen molar-refractivity contribution >= 4 is 22.4 Å². The normalized spacial score (nSPS) is 14.4. The van der Waals surface area contributed by atoms with E-state index in [1.165, 1.54) is 4.68 Å². The van der Waals surface area contributed by atoms with Gasteiger partial charge in [-0.1, -0.05) is 30.3 Å². The number of piperazine rings is 1. The third kappa shape index (κ3) is 3.55. The number of aryl methyl sites for hydroxylation is 1. The fourth-order valence-corrected chi connectivity index (χ4v) is 3.62. The molecule has 1 N–H and O–H groups in total. The molecule has 1 saturated heterocycles. The van der Waals surface area contributed by atoms with Gasteiger partial charge in [0.2, 0.25) is 5.91 Å². The fraction of sp³-hybridized carbons (Fsp3) is 0.286. The predicted octanol–water partition coefficient (Wildman–Crippen LogP) is 1.43. The van der Waals surface area contributed by atoms with Crippen molar-refractivity contribution in [3.8, 4) is 0 Å². The van der Waals surface area contributed by atoms with E-state index in [-0.39, 0.29) is 30.0 Å². The van der Waals surface area contributed by atoms with Gasteiger partial charge in [-0.2, -0.15) is 0 Å². The lowest BCUT2D eigenvalue weighted by molar-refractivity contribution is -0.131. The van der Waals surface area contributed by atoms with Crippen molar-refractivity contribution in [3.05, 3.63) is 75.3 Å². The number of carbonyl (C=O) groups is 1. The second kappa shape index (κ2) is 7.72. The van der Waals surface area contributed by atoms with E-state index < -0.39 is 0 Å². The molecule has 3 aromatic rings. The zero-order valence-electron chi connectivity index (χ0n) is 15.5. The highest BCUT2D eigenvalue weighted by atomic mass is 16.2. The van der Waals surface area contributed by atoms with Crippen molar-refractivity contribution in [1.29, 1.82) is 0 Å². The summed E-state index contributed by atoms with van der Waals surface area (Å²) in [6, 6.07) is 16.8. The van der Waals surface area contributed by atoms with Crippen molar-refractivity contribution in [3.63, 3.8) is 0 Å². The number of para-hydroxylation sites is 1. The number of anilines is 1. The van der Waals surface area contributed by atoms with E-state index in [1.54, 1.807) is 24.3 Å². The maximum absolute atomic E-state index is 12.6. The Balaban J connectivity index is 1.39. The summed E-state index contributed by atoms with van der Waals surface area (Å²) in [5.74, 6) is -0.00591. The third-order valence-electron chi connectivity index (χ3n) is 5.19. The number of aromatic amines is 1. The number of benzene rings is 2. The molecule has 0 radical (unpaired) electrons. The fourth-order valence-electron chi connectivity index (χ4n) is 3.62. The first-order chi connectivity index (χ1) is 13.6. The topological polar surface area (TPSA) is 78.4 Å². The molecule has 2 heterocycles. The monoisotopic (exact) mass is 378 g/mol. The first kappa shape index (κ1) is 18.0. The number of nitrogens with zero attached hydrogens (tertiary/aromatic N) is 3. The van der Waals surface area contributed by atoms with Crippen LogP contribution in [0.3, 0.4) is 0 Å². The van der Waals surface area contributed by atoms with Gasteiger partial charge in [0.1, 0.15) is 0 Å². The maximum Gasteiger partial charge on any atom is 0.273 e. The standard InChI is InChI=1S/C21H22N4O3/c26-19(24-14-12-23(13-15-24)16-6-2-1-3-7-16)10-11-25-21(28)18-9-5-4-8-17(18)20(27)22-25/h1-9H,10-15H2,(H,22,27). The average molecular weight is 378 g/mol. The smallest absolute Gasteiger partial charge is 0.273 e. The van der Waals surface area contributed by atoms with E-state index >= 15 is 0 Å². The predicted molar refractivity (Wildman–Crippen MR) is 109 cm³/mol. The molecule has 7 nitrogen and oxygen atoms in total. The van der Waals surface area contributed by atoms with Gasteiger partial charge in [-0.3, -0.25) is 19.5 Å². The van der Waals surface area contributed by atoms with Crippen LogP contribution >= 0.6 is 0 Å². The lowest BCUT2D eigenvalue weighted by Crippen LogP contribution is -2.49. The molecule has 0 saturated carbocycles. The second-order valence-electron chi connectivity index (χ2n) is 6.90. The van der Waals surface area contributed by atoms with Gasteiger partial charge in [0, 0.05) is 38.3 Å². The highest BCUT2D eigenvalue weighted by molar-refractivity contribution is 5.80. The molecular formula is C21H22N4O3. The summed E-state index contributed by atoms with van der Waals surface area (Å²) in [5.41, 5.74) is 0.561. The molecule has 7 heteroatoms. The number of H-pyrrole nitrogens is 1. The average Bonchev–Trinajstić information content (AvgIpc) is 2.76. The van der Waals surface area contributed by atoms with Crippen LogP contribution in [-0.2, 0) is 11.3 Å². The second-order valence-corrected chi connectivity index (χ2v) is 6.90. The number of amides is 1. The van der Waals surface area contributed by atoms with Crippen LogP contribution in [0, 0.1) is 0 Å². The van der Waals surface area contributed by atoms with E-state index in [0.29, 0.717) is 23.9 Å². The number of fused-ring (bicyclic) bond motifs is 1. The quantitative estimate of drug-likeness (QED) is 0.745. The molecule has 0 atom stereocenters. The zero-order valence-corrected chi connectivity index (χ0v) is 15.5. The molecule has 0 spiro atoms. The number of carbonyl (C=O) groups excluding carboxylic acids is 1. The van der Waals surface area contributed by atoms with Gasteiger partial charge < -0.3 is 9.80 Å². The molecule has 1 fully saturated rings. The number of nitrogens with one attached hydrogen (secondary N) is 1. The number of hydrogen-bond donors (Lipinski definition) is 1. The van der Waals surface area contributed by atoms with E-state index in [1.807, 2.05) is 23.1 Å². The summed E-state index contributed by atoms with van der Waals surface area (Å²) in [6.07, 6.45) is 0.180. The zero-order chi connectivity index (χ0) is 19.5. The van der Waals surface area contributed by atoms with Gasteiger partial charge in [0.15, 0.2) is 0 Å². The van der Waals surface area contributed by atoms with Gasteiger partial charge >= 0.3 is 0 Å². The van der Waals surface area contributed by atoms with Gasteiger partial charge in [-0.25, -0.2) is 4.68 Å². The van der Waals surface area contributed by atoms with Crippen LogP contribution < -0.4 is 16.0 Å². The Morgan fingerprint density at radius 3 is 2.21 bits per heavy atom. The molecule has 0 bridgehead atoms. The van der Waals surface area contributed by atoms with Crippen LogP contribution in [0.1, 0.15) is 6.42 Å². The minimum absolute atomic E-state index is 0.00591. The summed E-state index contributed by atoms with van der Waals surface area (Å²) in [7, 11) is 0. The van der Waals surface area contributed by atoms with Crippen molar-refractivity contribution in [2.24, 2.45) is 0 Å². The summed E-state index contributed by atoms with van der Waals surface area (Å²) >= 11 is 0. The Bertz CT molecular complexity index is 1100. The summed E-state index contributed by atoms with van der Waals surface area (Å²) in [4.78, 5) is 41.3. The lowest BCUT2D eigenvalue weighted by atomic mass is 10.2. The first-order valence-electron chi connectivity index (χ1n) is 9.43. The van der Waals surface area contributed by atoms with E-state index in [9.17, 15) is 14.4 Å². The summed E-state index contributed by atoms with van der Waals surface area (Å²) < 4.78 is 1.24. The number of rotatable bonds is 4. The number of hydrogen-bond acceptors (Lipinski definition) is 4. The molecule has 144 valence electrons. The SMILES string of the molecule is O=C(CCn1[nH]c(=O)c2ccccc2c1=O)N1CCN(c2ccccc2)CC1. The first-order valence-corrected chi connectivity index (χ1v) is 9.43. The third-order valence-corrected chi connectivity index (χ3v) is 5.19. The van der Waals surface area contributed by atoms with Crippen LogP contribution in [0.15, 0.2) is 64.2 Å². The molecular weight excluding hydrogens is 356 g/mol. The van der Waals surface area contributed by atoms with Crippen molar-refractivity contribution < 1.29 is 4.79 Å². The van der Waals surface area contributed by atoms with Gasteiger partial charge in [0.05, 0.1) is 17.3 Å². The van der Waals surface area contributed by atoms with E-state index in [4.69, 9.17) is 0 Å². The van der Waals surface area contributed by atoms with Crippen LogP contribution in [0.2, 0.25) is 0 Å². The molecule has 1 aliphatic heterocycles. The van der Waals surface area contributed by atoms with E-state index in [0.717, 1.165) is 18.8 Å². The van der Waals surface area contributed by atoms with Crippen molar-refractivity contribution in [2.45, 2.75) is 13.0 Å². The highest BCUT2D eigenvalue weighted by Gasteiger charge is 2.21. The largest absolute Gasteiger partial charge is 0.368 e. The van der Waals surface area contributed by atoms with E-state index in [2.05, 4.69) is 22.1 Å². The van der Waals surface area contributed by atoms with Crippen LogP contribution in [0.25, 0.3) is 10.8 Å². The molecule has 28 heavy (non-hydrogen) atoms. The molecule has 4 rings (SSSR count). The van der Waals surface area contributed by atoms with Crippen LogP contribution in [0.5, 0.6) is 0 Å². The summed E-state index contributed by atoms with van der Waals surface area (Å²) in [5, 5.41) is 3.31.